The van der Waals surface area contributed by atoms with E-state index in [1.807, 2.05) is 78.9 Å². The predicted molar refractivity (Wildman–Crippen MR) is 149 cm³/mol. The number of aromatic nitrogens is 3. The third-order valence-electron chi connectivity index (χ3n) is 6.61. The van der Waals surface area contributed by atoms with Gasteiger partial charge in [0.1, 0.15) is 6.33 Å². The lowest BCUT2D eigenvalue weighted by Crippen LogP contribution is -2.38. The monoisotopic (exact) mass is 545 g/mol. The third-order valence-corrected chi connectivity index (χ3v) is 7.58. The van der Waals surface area contributed by atoms with Gasteiger partial charge in [-0.05, 0) is 28.8 Å². The first-order chi connectivity index (χ1) is 19.1. The summed E-state index contributed by atoms with van der Waals surface area (Å²) >= 11 is 1.55. The molecule has 1 saturated heterocycles. The quantitative estimate of drug-likeness (QED) is 0.213. The van der Waals surface area contributed by atoms with Crippen LogP contribution in [0.4, 0.5) is 10.5 Å². The van der Waals surface area contributed by atoms with Gasteiger partial charge in [-0.3, -0.25) is 5.10 Å². The first kappa shape index (κ1) is 26.9. The average molecular weight is 546 g/mol. The van der Waals surface area contributed by atoms with Gasteiger partial charge in [0, 0.05) is 29.5 Å². The minimum absolute atomic E-state index is 0.0116. The minimum atomic E-state index is -0.641. The van der Waals surface area contributed by atoms with Crippen molar-refractivity contribution in [3.63, 3.8) is 0 Å². The van der Waals surface area contributed by atoms with Crippen molar-refractivity contribution in [2.75, 3.05) is 11.1 Å². The molecule has 5 rings (SSSR count). The van der Waals surface area contributed by atoms with Crippen molar-refractivity contribution in [1.82, 2.24) is 20.5 Å². The fourth-order valence-corrected chi connectivity index (χ4v) is 5.39. The van der Waals surface area contributed by atoms with E-state index in [1.165, 1.54) is 6.33 Å². The molecule has 9 nitrogen and oxygen atoms in total. The standard InChI is InChI=1S/C29H31N5O4S/c1-19-25(17-39-29-31-18-32-34-29)37-27(38-26(19)22-12-10-21(16-35)11-13-22)23-8-5-9-24(14-23)33-28(36)30-15-20-6-3-2-4-7-20/h2-14,18-19,25-27,35H,15-17H2,1H3,(H2,30,33,36)(H,31,32,34). The zero-order chi connectivity index (χ0) is 27.0. The van der Waals surface area contributed by atoms with Crippen LogP contribution in [0.2, 0.25) is 0 Å². The van der Waals surface area contributed by atoms with Crippen molar-refractivity contribution in [3.05, 3.63) is 107 Å². The molecule has 0 saturated carbocycles. The Labute approximate surface area is 231 Å². The van der Waals surface area contributed by atoms with Crippen LogP contribution < -0.4 is 10.6 Å². The Hall–Kier alpha value is -3.70. The maximum Gasteiger partial charge on any atom is 0.319 e. The zero-order valence-electron chi connectivity index (χ0n) is 21.5. The van der Waals surface area contributed by atoms with E-state index in [2.05, 4.69) is 32.7 Å². The number of amides is 2. The molecular weight excluding hydrogens is 514 g/mol. The molecule has 0 radical (unpaired) electrons. The number of aliphatic hydroxyl groups excluding tert-OH is 1. The predicted octanol–water partition coefficient (Wildman–Crippen LogP) is 5.20. The van der Waals surface area contributed by atoms with Crippen molar-refractivity contribution in [2.24, 2.45) is 5.92 Å². The molecule has 0 bridgehead atoms. The number of carbonyl (C=O) groups is 1. The Morgan fingerprint density at radius 3 is 2.56 bits per heavy atom. The van der Waals surface area contributed by atoms with Crippen molar-refractivity contribution in [1.29, 1.82) is 0 Å². The molecular formula is C29H31N5O4S. The summed E-state index contributed by atoms with van der Waals surface area (Å²) in [5.74, 6) is 0.697. The number of benzene rings is 3. The second-order valence-corrected chi connectivity index (χ2v) is 10.4. The number of anilines is 1. The summed E-state index contributed by atoms with van der Waals surface area (Å²) in [5, 5.41) is 22.8. The van der Waals surface area contributed by atoms with E-state index in [-0.39, 0.29) is 30.8 Å². The van der Waals surface area contributed by atoms with Gasteiger partial charge in [0.2, 0.25) is 0 Å². The first-order valence-electron chi connectivity index (χ1n) is 12.8. The molecule has 202 valence electrons. The highest BCUT2D eigenvalue weighted by atomic mass is 32.2. The Kier molecular flexibility index (Phi) is 8.89. The van der Waals surface area contributed by atoms with Gasteiger partial charge < -0.3 is 25.2 Å². The molecule has 1 fully saturated rings. The molecule has 1 aromatic heterocycles. The van der Waals surface area contributed by atoms with Crippen LogP contribution in [0.1, 0.15) is 41.6 Å². The van der Waals surface area contributed by atoms with E-state index in [0.29, 0.717) is 18.0 Å². The smallest absolute Gasteiger partial charge is 0.319 e. The van der Waals surface area contributed by atoms with Crippen LogP contribution in [0.25, 0.3) is 0 Å². The summed E-state index contributed by atoms with van der Waals surface area (Å²) in [6.45, 7) is 2.53. The number of ether oxygens (including phenoxy) is 2. The number of hydrogen-bond acceptors (Lipinski definition) is 7. The van der Waals surface area contributed by atoms with E-state index in [4.69, 9.17) is 9.47 Å². The van der Waals surface area contributed by atoms with Crippen LogP contribution in [0.5, 0.6) is 0 Å². The van der Waals surface area contributed by atoms with Crippen LogP contribution in [0.3, 0.4) is 0 Å². The average Bonchev–Trinajstić information content (AvgIpc) is 3.50. The summed E-state index contributed by atoms with van der Waals surface area (Å²) in [4.78, 5) is 16.7. The zero-order valence-corrected chi connectivity index (χ0v) is 22.3. The Morgan fingerprint density at radius 1 is 1.00 bits per heavy atom. The molecule has 4 aromatic rings. The second kappa shape index (κ2) is 12.9. The van der Waals surface area contributed by atoms with E-state index >= 15 is 0 Å². The lowest BCUT2D eigenvalue weighted by atomic mass is 9.91. The third kappa shape index (κ3) is 7.04. The first-order valence-corrected chi connectivity index (χ1v) is 13.7. The van der Waals surface area contributed by atoms with Crippen LogP contribution in [0.15, 0.2) is 90.3 Å². The number of H-pyrrole nitrogens is 1. The Bertz CT molecular complexity index is 1340. The van der Waals surface area contributed by atoms with E-state index in [9.17, 15) is 9.90 Å². The van der Waals surface area contributed by atoms with Crippen LogP contribution >= 0.6 is 11.8 Å². The van der Waals surface area contributed by atoms with Gasteiger partial charge >= 0.3 is 6.03 Å². The minimum Gasteiger partial charge on any atom is -0.392 e. The SMILES string of the molecule is CC1C(CSc2ncn[nH]2)OC(c2cccc(NC(=O)NCc3ccccc3)c2)OC1c1ccc(CO)cc1. The Balaban J connectivity index is 1.31. The van der Waals surface area contributed by atoms with Gasteiger partial charge in [-0.15, -0.1) is 0 Å². The molecule has 39 heavy (non-hydrogen) atoms. The number of aliphatic hydroxyl groups is 1. The number of hydrogen-bond donors (Lipinski definition) is 4. The van der Waals surface area contributed by atoms with Gasteiger partial charge in [-0.2, -0.15) is 5.10 Å². The largest absolute Gasteiger partial charge is 0.392 e. The second-order valence-electron chi connectivity index (χ2n) is 9.34. The number of nitrogens with one attached hydrogen (secondary N) is 3. The molecule has 2 amide bonds. The topological polar surface area (TPSA) is 121 Å². The normalized spacial score (nSPS) is 20.9. The molecule has 4 unspecified atom stereocenters. The number of nitrogens with zero attached hydrogens (tertiary/aromatic N) is 2. The van der Waals surface area contributed by atoms with E-state index < -0.39 is 6.29 Å². The number of urea groups is 1. The van der Waals surface area contributed by atoms with E-state index in [1.54, 1.807) is 11.8 Å². The maximum absolute atomic E-state index is 12.5. The van der Waals surface area contributed by atoms with Gasteiger partial charge in [0.15, 0.2) is 11.4 Å². The fraction of sp³-hybridized carbons (Fsp3) is 0.276. The molecule has 10 heteroatoms. The summed E-state index contributed by atoms with van der Waals surface area (Å²) in [7, 11) is 0. The van der Waals surface area contributed by atoms with Gasteiger partial charge in [0.25, 0.3) is 0 Å². The summed E-state index contributed by atoms with van der Waals surface area (Å²) in [6, 6.07) is 24.8. The lowest BCUT2D eigenvalue weighted by molar-refractivity contribution is -0.268. The molecule has 0 aliphatic carbocycles. The van der Waals surface area contributed by atoms with Crippen molar-refractivity contribution in [2.45, 2.75) is 43.7 Å². The van der Waals surface area contributed by atoms with Crippen LogP contribution in [-0.4, -0.2) is 38.2 Å². The highest BCUT2D eigenvalue weighted by molar-refractivity contribution is 7.99. The van der Waals surface area contributed by atoms with Crippen molar-refractivity contribution >= 4 is 23.5 Å². The van der Waals surface area contributed by atoms with Gasteiger partial charge in [-0.25, -0.2) is 9.78 Å². The molecule has 1 aliphatic heterocycles. The molecule has 2 heterocycles. The lowest BCUT2D eigenvalue weighted by Gasteiger charge is -2.41. The van der Waals surface area contributed by atoms with Gasteiger partial charge in [-0.1, -0.05) is 85.4 Å². The molecule has 1 aliphatic rings. The number of rotatable bonds is 9. The number of carbonyl (C=O) groups excluding carboxylic acids is 1. The van der Waals surface area contributed by atoms with Crippen LogP contribution in [-0.2, 0) is 22.6 Å². The van der Waals surface area contributed by atoms with Gasteiger partial charge in [0.05, 0.1) is 18.8 Å². The summed E-state index contributed by atoms with van der Waals surface area (Å²) in [6.07, 6.45) is 0.465. The Morgan fingerprint density at radius 2 is 1.82 bits per heavy atom. The molecule has 4 atom stereocenters. The van der Waals surface area contributed by atoms with Crippen molar-refractivity contribution < 1.29 is 19.4 Å². The maximum atomic E-state index is 12.5. The fourth-order valence-electron chi connectivity index (χ4n) is 4.45. The summed E-state index contributed by atoms with van der Waals surface area (Å²) < 4.78 is 13.0. The molecule has 0 spiro atoms. The van der Waals surface area contributed by atoms with E-state index in [0.717, 1.165) is 27.4 Å². The number of thioether (sulfide) groups is 1. The highest BCUT2D eigenvalue weighted by Crippen LogP contribution is 2.43. The molecule has 4 N–H and O–H groups in total. The van der Waals surface area contributed by atoms with Crippen LogP contribution in [0, 0.1) is 5.92 Å². The number of aromatic amines is 1. The van der Waals surface area contributed by atoms with Crippen molar-refractivity contribution in [3.8, 4) is 0 Å². The highest BCUT2D eigenvalue weighted by Gasteiger charge is 2.38. The summed E-state index contributed by atoms with van der Waals surface area (Å²) in [5.41, 5.74) is 4.32. The molecule has 3 aromatic carbocycles.